The number of nitrogens with one attached hydrogen (secondary N) is 1. The van der Waals surface area contributed by atoms with Crippen LogP contribution in [0.4, 0.5) is 5.69 Å². The van der Waals surface area contributed by atoms with Gasteiger partial charge in [0.05, 0.1) is 0 Å². The number of benzene rings is 1. The standard InChI is InChI=1S/C14H21BrN2O/c1-8(2)5-9(3)17-14(18)12-6-11(15)7-13(16)10(12)4/h6-9H,5,16H2,1-4H3,(H,17,18). The summed E-state index contributed by atoms with van der Waals surface area (Å²) in [6, 6.07) is 3.78. The summed E-state index contributed by atoms with van der Waals surface area (Å²) in [7, 11) is 0. The zero-order chi connectivity index (χ0) is 13.9. The van der Waals surface area contributed by atoms with Crippen molar-refractivity contribution in [3.8, 4) is 0 Å². The third kappa shape index (κ3) is 4.02. The Bertz CT molecular complexity index is 444. The van der Waals surface area contributed by atoms with E-state index >= 15 is 0 Å². The highest BCUT2D eigenvalue weighted by molar-refractivity contribution is 9.10. The maximum atomic E-state index is 12.2. The van der Waals surface area contributed by atoms with Crippen LogP contribution in [0.2, 0.25) is 0 Å². The molecule has 0 radical (unpaired) electrons. The number of hydrogen-bond donors (Lipinski definition) is 2. The first-order valence-electron chi connectivity index (χ1n) is 6.17. The largest absolute Gasteiger partial charge is 0.398 e. The Morgan fingerprint density at radius 2 is 2.00 bits per heavy atom. The minimum absolute atomic E-state index is 0.0614. The zero-order valence-electron chi connectivity index (χ0n) is 11.4. The van der Waals surface area contributed by atoms with Gasteiger partial charge in [0.1, 0.15) is 0 Å². The van der Waals surface area contributed by atoms with Gasteiger partial charge in [-0.2, -0.15) is 0 Å². The second kappa shape index (κ2) is 6.23. The van der Waals surface area contributed by atoms with Crippen LogP contribution in [0.25, 0.3) is 0 Å². The van der Waals surface area contributed by atoms with Gasteiger partial charge in [0.25, 0.3) is 5.91 Å². The number of nitrogen functional groups attached to an aromatic ring is 1. The fraction of sp³-hybridized carbons (Fsp3) is 0.500. The molecule has 1 aromatic rings. The van der Waals surface area contributed by atoms with Gasteiger partial charge in [-0.15, -0.1) is 0 Å². The smallest absolute Gasteiger partial charge is 0.251 e. The van der Waals surface area contributed by atoms with E-state index in [0.717, 1.165) is 16.5 Å². The molecule has 0 aromatic heterocycles. The van der Waals surface area contributed by atoms with Crippen LogP contribution >= 0.6 is 15.9 Å². The van der Waals surface area contributed by atoms with E-state index in [1.807, 2.05) is 26.0 Å². The van der Waals surface area contributed by atoms with E-state index in [-0.39, 0.29) is 11.9 Å². The second-order valence-electron chi connectivity index (χ2n) is 5.17. The fourth-order valence-corrected chi connectivity index (χ4v) is 2.48. The Kier molecular flexibility index (Phi) is 5.20. The molecule has 0 aliphatic rings. The number of hydrogen-bond acceptors (Lipinski definition) is 2. The summed E-state index contributed by atoms with van der Waals surface area (Å²) in [5.41, 5.74) is 7.95. The average Bonchev–Trinajstić information content (AvgIpc) is 2.21. The third-order valence-corrected chi connectivity index (χ3v) is 3.32. The molecule has 0 saturated heterocycles. The Morgan fingerprint density at radius 3 is 2.56 bits per heavy atom. The van der Waals surface area contributed by atoms with Crippen LogP contribution < -0.4 is 11.1 Å². The summed E-state index contributed by atoms with van der Waals surface area (Å²) in [6.07, 6.45) is 0.967. The Hall–Kier alpha value is -1.03. The minimum Gasteiger partial charge on any atom is -0.398 e. The van der Waals surface area contributed by atoms with Gasteiger partial charge in [-0.25, -0.2) is 0 Å². The predicted molar refractivity (Wildman–Crippen MR) is 79.7 cm³/mol. The molecular weight excluding hydrogens is 292 g/mol. The van der Waals surface area contributed by atoms with Crippen molar-refractivity contribution in [3.05, 3.63) is 27.7 Å². The molecule has 3 nitrogen and oxygen atoms in total. The highest BCUT2D eigenvalue weighted by Crippen LogP contribution is 2.22. The number of nitrogens with two attached hydrogens (primary N) is 1. The van der Waals surface area contributed by atoms with Gasteiger partial charge in [-0.3, -0.25) is 4.79 Å². The zero-order valence-corrected chi connectivity index (χ0v) is 13.0. The van der Waals surface area contributed by atoms with Crippen molar-refractivity contribution in [2.75, 3.05) is 5.73 Å². The first kappa shape index (κ1) is 15.0. The van der Waals surface area contributed by atoms with E-state index in [0.29, 0.717) is 17.2 Å². The molecule has 0 saturated carbocycles. The number of carbonyl (C=O) groups excluding carboxylic acids is 1. The van der Waals surface area contributed by atoms with Gasteiger partial charge in [0.15, 0.2) is 0 Å². The number of rotatable bonds is 4. The Labute approximate surface area is 117 Å². The van der Waals surface area contributed by atoms with Crippen molar-refractivity contribution >= 4 is 27.5 Å². The second-order valence-corrected chi connectivity index (χ2v) is 6.09. The molecule has 0 heterocycles. The number of anilines is 1. The Balaban J connectivity index is 2.85. The average molecular weight is 313 g/mol. The van der Waals surface area contributed by atoms with Gasteiger partial charge < -0.3 is 11.1 Å². The number of amides is 1. The van der Waals surface area contributed by atoms with Gasteiger partial charge >= 0.3 is 0 Å². The molecule has 0 aliphatic carbocycles. The maximum Gasteiger partial charge on any atom is 0.251 e. The summed E-state index contributed by atoms with van der Waals surface area (Å²) in [4.78, 5) is 12.2. The van der Waals surface area contributed by atoms with Crippen molar-refractivity contribution in [3.63, 3.8) is 0 Å². The minimum atomic E-state index is -0.0614. The normalized spacial score (nSPS) is 12.6. The van der Waals surface area contributed by atoms with E-state index in [1.165, 1.54) is 0 Å². The molecule has 1 aromatic carbocycles. The van der Waals surface area contributed by atoms with Crippen molar-refractivity contribution < 1.29 is 4.79 Å². The van der Waals surface area contributed by atoms with Crippen LogP contribution in [-0.2, 0) is 0 Å². The molecule has 1 unspecified atom stereocenters. The van der Waals surface area contributed by atoms with Crippen LogP contribution in [-0.4, -0.2) is 11.9 Å². The fourth-order valence-electron chi connectivity index (χ4n) is 2.00. The van der Waals surface area contributed by atoms with E-state index in [1.54, 1.807) is 0 Å². The number of halogens is 1. The molecule has 1 rings (SSSR count). The van der Waals surface area contributed by atoms with Crippen LogP contribution in [0.3, 0.4) is 0 Å². The molecule has 1 atom stereocenters. The highest BCUT2D eigenvalue weighted by Gasteiger charge is 2.15. The van der Waals surface area contributed by atoms with Gasteiger partial charge in [0, 0.05) is 21.8 Å². The summed E-state index contributed by atoms with van der Waals surface area (Å²) in [6.45, 7) is 8.17. The molecule has 18 heavy (non-hydrogen) atoms. The SMILES string of the molecule is Cc1c(N)cc(Br)cc1C(=O)NC(C)CC(C)C. The van der Waals surface area contributed by atoms with E-state index in [9.17, 15) is 4.79 Å². The van der Waals surface area contributed by atoms with Crippen molar-refractivity contribution in [1.82, 2.24) is 5.32 Å². The summed E-state index contributed by atoms with van der Waals surface area (Å²) < 4.78 is 0.826. The summed E-state index contributed by atoms with van der Waals surface area (Å²) >= 11 is 3.36. The van der Waals surface area contributed by atoms with Crippen LogP contribution in [0, 0.1) is 12.8 Å². The first-order valence-corrected chi connectivity index (χ1v) is 6.97. The molecule has 0 aliphatic heterocycles. The van der Waals surface area contributed by atoms with E-state index < -0.39 is 0 Å². The maximum absolute atomic E-state index is 12.2. The van der Waals surface area contributed by atoms with Crippen molar-refractivity contribution in [2.24, 2.45) is 5.92 Å². The topological polar surface area (TPSA) is 55.1 Å². The lowest BCUT2D eigenvalue weighted by Crippen LogP contribution is -2.34. The third-order valence-electron chi connectivity index (χ3n) is 2.86. The lowest BCUT2D eigenvalue weighted by atomic mass is 10.0. The predicted octanol–water partition coefficient (Wildman–Crippen LogP) is 3.50. The lowest BCUT2D eigenvalue weighted by Gasteiger charge is -2.17. The highest BCUT2D eigenvalue weighted by atomic mass is 79.9. The molecule has 3 N–H and O–H groups in total. The van der Waals surface area contributed by atoms with Gasteiger partial charge in [0.2, 0.25) is 0 Å². The quantitative estimate of drug-likeness (QED) is 0.836. The van der Waals surface area contributed by atoms with Crippen molar-refractivity contribution in [2.45, 2.75) is 40.2 Å². The van der Waals surface area contributed by atoms with Crippen LogP contribution in [0.15, 0.2) is 16.6 Å². The molecule has 1 amide bonds. The van der Waals surface area contributed by atoms with Gasteiger partial charge in [-0.1, -0.05) is 29.8 Å². The van der Waals surface area contributed by atoms with E-state index in [2.05, 4.69) is 35.1 Å². The molecule has 100 valence electrons. The van der Waals surface area contributed by atoms with Crippen LogP contribution in [0.1, 0.15) is 43.1 Å². The first-order chi connectivity index (χ1) is 8.31. The molecule has 0 bridgehead atoms. The summed E-state index contributed by atoms with van der Waals surface area (Å²) in [5, 5.41) is 3.01. The molecule has 4 heteroatoms. The Morgan fingerprint density at radius 1 is 1.39 bits per heavy atom. The summed E-state index contributed by atoms with van der Waals surface area (Å²) in [5.74, 6) is 0.502. The molecule has 0 fully saturated rings. The van der Waals surface area contributed by atoms with Gasteiger partial charge in [-0.05, 0) is 43.9 Å². The molecular formula is C14H21BrN2O. The monoisotopic (exact) mass is 312 g/mol. The number of carbonyl (C=O) groups is 1. The van der Waals surface area contributed by atoms with E-state index in [4.69, 9.17) is 5.73 Å². The lowest BCUT2D eigenvalue weighted by molar-refractivity contribution is 0.0935. The molecule has 0 spiro atoms. The van der Waals surface area contributed by atoms with Crippen molar-refractivity contribution in [1.29, 1.82) is 0 Å². The van der Waals surface area contributed by atoms with Crippen LogP contribution in [0.5, 0.6) is 0 Å².